The summed E-state index contributed by atoms with van der Waals surface area (Å²) in [6.45, 7) is 8.78. The van der Waals surface area contributed by atoms with E-state index < -0.39 is 0 Å². The number of rotatable bonds is 7. The summed E-state index contributed by atoms with van der Waals surface area (Å²) in [4.78, 5) is 16.6. The van der Waals surface area contributed by atoms with E-state index in [0.29, 0.717) is 29.7 Å². The quantitative estimate of drug-likeness (QED) is 0.746. The van der Waals surface area contributed by atoms with E-state index in [2.05, 4.69) is 4.90 Å². The summed E-state index contributed by atoms with van der Waals surface area (Å²) >= 11 is 6.14. The zero-order valence-electron chi connectivity index (χ0n) is 14.4. The molecule has 1 fully saturated rings. The Bertz CT molecular complexity index is 530. The Labute approximate surface area is 143 Å². The highest BCUT2D eigenvalue weighted by Gasteiger charge is 2.33. The number of hydrogen-bond donors (Lipinski definition) is 0. The van der Waals surface area contributed by atoms with Gasteiger partial charge in [-0.3, -0.25) is 9.69 Å². The van der Waals surface area contributed by atoms with Crippen LogP contribution in [0.5, 0.6) is 0 Å². The van der Waals surface area contributed by atoms with Gasteiger partial charge in [0.15, 0.2) is 0 Å². The van der Waals surface area contributed by atoms with Gasteiger partial charge >= 0.3 is 0 Å². The maximum Gasteiger partial charge on any atom is 0.237 e. The average molecular weight is 341 g/mol. The standard InChI is InChI=1S/C18H26ClFN2O/c1-12(2)22(13(3)4)18(23)11-21(14-8-9-14)10-15-16(19)6-5-7-17(15)20/h5-7,12-14H,8-11H2,1-4H3. The van der Waals surface area contributed by atoms with Gasteiger partial charge in [0, 0.05) is 35.3 Å². The van der Waals surface area contributed by atoms with E-state index in [0.717, 1.165) is 12.8 Å². The molecule has 1 amide bonds. The van der Waals surface area contributed by atoms with Crippen molar-refractivity contribution in [3.63, 3.8) is 0 Å². The Morgan fingerprint density at radius 2 is 1.87 bits per heavy atom. The molecule has 0 aromatic heterocycles. The van der Waals surface area contributed by atoms with E-state index in [1.165, 1.54) is 6.07 Å². The molecular weight excluding hydrogens is 315 g/mol. The fourth-order valence-corrected chi connectivity index (χ4v) is 3.29. The van der Waals surface area contributed by atoms with E-state index in [4.69, 9.17) is 11.6 Å². The Morgan fingerprint density at radius 3 is 2.35 bits per heavy atom. The molecule has 3 nitrogen and oxygen atoms in total. The fraction of sp³-hybridized carbons (Fsp3) is 0.611. The summed E-state index contributed by atoms with van der Waals surface area (Å²) in [5.74, 6) is -0.213. The molecule has 0 radical (unpaired) electrons. The van der Waals surface area contributed by atoms with Gasteiger partial charge in [0.1, 0.15) is 5.82 Å². The lowest BCUT2D eigenvalue weighted by atomic mass is 10.2. The highest BCUT2D eigenvalue weighted by atomic mass is 35.5. The molecule has 128 valence electrons. The van der Waals surface area contributed by atoms with Crippen molar-refractivity contribution in [2.24, 2.45) is 0 Å². The lowest BCUT2D eigenvalue weighted by molar-refractivity contribution is -0.136. The largest absolute Gasteiger partial charge is 0.337 e. The van der Waals surface area contributed by atoms with Crippen LogP contribution in [0.4, 0.5) is 4.39 Å². The molecule has 0 aliphatic heterocycles. The first-order valence-corrected chi connectivity index (χ1v) is 8.67. The third-order valence-electron chi connectivity index (χ3n) is 4.23. The van der Waals surface area contributed by atoms with E-state index in [-0.39, 0.29) is 23.8 Å². The zero-order valence-corrected chi connectivity index (χ0v) is 15.1. The normalized spacial score (nSPS) is 14.8. The van der Waals surface area contributed by atoms with Gasteiger partial charge in [-0.2, -0.15) is 0 Å². The molecule has 0 N–H and O–H groups in total. The molecule has 2 rings (SSSR count). The predicted molar refractivity (Wildman–Crippen MR) is 92.0 cm³/mol. The molecule has 1 saturated carbocycles. The molecular formula is C18H26ClFN2O. The topological polar surface area (TPSA) is 23.6 Å². The third-order valence-corrected chi connectivity index (χ3v) is 4.58. The SMILES string of the molecule is CC(C)N(C(=O)CN(Cc1c(F)cccc1Cl)C1CC1)C(C)C. The molecule has 23 heavy (non-hydrogen) atoms. The van der Waals surface area contributed by atoms with Crippen LogP contribution in [0, 0.1) is 5.82 Å². The van der Waals surface area contributed by atoms with Crippen LogP contribution in [0.2, 0.25) is 5.02 Å². The second-order valence-corrected chi connectivity index (χ2v) is 7.23. The van der Waals surface area contributed by atoms with Crippen molar-refractivity contribution in [3.8, 4) is 0 Å². The average Bonchev–Trinajstić information content (AvgIpc) is 3.25. The lowest BCUT2D eigenvalue weighted by Crippen LogP contribution is -2.47. The molecule has 0 bridgehead atoms. The van der Waals surface area contributed by atoms with Crippen LogP contribution >= 0.6 is 11.6 Å². The maximum absolute atomic E-state index is 14.0. The molecule has 0 atom stereocenters. The summed E-state index contributed by atoms with van der Waals surface area (Å²) in [7, 11) is 0. The van der Waals surface area contributed by atoms with E-state index >= 15 is 0 Å². The van der Waals surface area contributed by atoms with Crippen LogP contribution < -0.4 is 0 Å². The number of carbonyl (C=O) groups is 1. The van der Waals surface area contributed by atoms with Crippen molar-refractivity contribution in [3.05, 3.63) is 34.6 Å². The molecule has 1 aromatic carbocycles. The Balaban J connectivity index is 2.12. The Kier molecular flexibility index (Phi) is 6.04. The number of amides is 1. The second kappa shape index (κ2) is 7.63. The van der Waals surface area contributed by atoms with Crippen LogP contribution in [-0.2, 0) is 11.3 Å². The monoisotopic (exact) mass is 340 g/mol. The Morgan fingerprint density at radius 1 is 1.26 bits per heavy atom. The first-order chi connectivity index (χ1) is 10.8. The third kappa shape index (κ3) is 4.67. The highest BCUT2D eigenvalue weighted by Crippen LogP contribution is 2.30. The van der Waals surface area contributed by atoms with Crippen LogP contribution in [0.25, 0.3) is 0 Å². The molecule has 1 aliphatic carbocycles. The number of halogens is 2. The summed E-state index contributed by atoms with van der Waals surface area (Å²) in [5.41, 5.74) is 0.481. The number of hydrogen-bond acceptors (Lipinski definition) is 2. The highest BCUT2D eigenvalue weighted by molar-refractivity contribution is 6.31. The molecule has 1 aromatic rings. The second-order valence-electron chi connectivity index (χ2n) is 6.82. The summed E-state index contributed by atoms with van der Waals surface area (Å²) in [5, 5.41) is 0.424. The summed E-state index contributed by atoms with van der Waals surface area (Å²) in [6, 6.07) is 5.38. The molecule has 1 aliphatic rings. The zero-order chi connectivity index (χ0) is 17.1. The van der Waals surface area contributed by atoms with Gasteiger partial charge in [-0.05, 0) is 52.7 Å². The molecule has 0 heterocycles. The lowest BCUT2D eigenvalue weighted by Gasteiger charge is -2.33. The van der Waals surface area contributed by atoms with Crippen LogP contribution in [0.3, 0.4) is 0 Å². The van der Waals surface area contributed by atoms with E-state index in [1.54, 1.807) is 12.1 Å². The van der Waals surface area contributed by atoms with Crippen molar-refractivity contribution in [2.45, 2.75) is 65.2 Å². The first-order valence-electron chi connectivity index (χ1n) is 8.29. The number of benzene rings is 1. The fourth-order valence-electron chi connectivity index (χ4n) is 3.07. The van der Waals surface area contributed by atoms with Gasteiger partial charge in [-0.15, -0.1) is 0 Å². The minimum absolute atomic E-state index is 0.0920. The minimum Gasteiger partial charge on any atom is -0.337 e. The van der Waals surface area contributed by atoms with Crippen molar-refractivity contribution in [1.82, 2.24) is 9.80 Å². The van der Waals surface area contributed by atoms with Crippen LogP contribution in [-0.4, -0.2) is 40.4 Å². The predicted octanol–water partition coefficient (Wildman–Crippen LogP) is 4.09. The number of carbonyl (C=O) groups excluding carboxylic acids is 1. The van der Waals surface area contributed by atoms with Gasteiger partial charge < -0.3 is 4.90 Å². The van der Waals surface area contributed by atoms with Crippen LogP contribution in [0.15, 0.2) is 18.2 Å². The van der Waals surface area contributed by atoms with Gasteiger partial charge in [-0.1, -0.05) is 17.7 Å². The van der Waals surface area contributed by atoms with Gasteiger partial charge in [-0.25, -0.2) is 4.39 Å². The van der Waals surface area contributed by atoms with Gasteiger partial charge in [0.05, 0.1) is 6.54 Å². The summed E-state index contributed by atoms with van der Waals surface area (Å²) in [6.07, 6.45) is 2.12. The van der Waals surface area contributed by atoms with Gasteiger partial charge in [0.25, 0.3) is 0 Å². The molecule has 0 saturated heterocycles. The molecule has 0 unspecified atom stereocenters. The molecule has 5 heteroatoms. The molecule has 0 spiro atoms. The minimum atomic E-state index is -0.305. The van der Waals surface area contributed by atoms with Crippen molar-refractivity contribution >= 4 is 17.5 Å². The Hall–Kier alpha value is -1.13. The number of nitrogens with zero attached hydrogens (tertiary/aromatic N) is 2. The van der Waals surface area contributed by atoms with Crippen molar-refractivity contribution < 1.29 is 9.18 Å². The van der Waals surface area contributed by atoms with Crippen molar-refractivity contribution in [2.75, 3.05) is 6.54 Å². The maximum atomic E-state index is 14.0. The summed E-state index contributed by atoms with van der Waals surface area (Å²) < 4.78 is 14.0. The van der Waals surface area contributed by atoms with Crippen molar-refractivity contribution in [1.29, 1.82) is 0 Å². The smallest absolute Gasteiger partial charge is 0.237 e. The van der Waals surface area contributed by atoms with E-state index in [1.807, 2.05) is 32.6 Å². The van der Waals surface area contributed by atoms with Crippen LogP contribution in [0.1, 0.15) is 46.1 Å². The van der Waals surface area contributed by atoms with E-state index in [9.17, 15) is 9.18 Å². The first kappa shape index (κ1) is 18.2. The van der Waals surface area contributed by atoms with Gasteiger partial charge in [0.2, 0.25) is 5.91 Å².